The zero-order valence-electron chi connectivity index (χ0n) is 13.0. The minimum absolute atomic E-state index is 0.0881. The maximum atomic E-state index is 12.5. The Morgan fingerprint density at radius 1 is 1.38 bits per heavy atom. The first kappa shape index (κ1) is 15.9. The van der Waals surface area contributed by atoms with Crippen LogP contribution in [0.3, 0.4) is 0 Å². The van der Waals surface area contributed by atoms with Crippen LogP contribution in [0.4, 0.5) is 5.69 Å². The number of amides is 1. The molecule has 1 aromatic carbocycles. The minimum Gasteiger partial charge on any atom is -0.466 e. The Morgan fingerprint density at radius 2 is 2.17 bits per heavy atom. The fourth-order valence-electron chi connectivity index (χ4n) is 2.58. The predicted molar refractivity (Wildman–Crippen MR) is 85.9 cm³/mol. The number of esters is 1. The van der Waals surface area contributed by atoms with Gasteiger partial charge in [-0.15, -0.1) is 0 Å². The third kappa shape index (κ3) is 2.79. The molecule has 1 aromatic heterocycles. The van der Waals surface area contributed by atoms with Crippen LogP contribution in [-0.4, -0.2) is 58.7 Å². The van der Waals surface area contributed by atoms with Crippen molar-refractivity contribution in [3.8, 4) is 0 Å². The number of hydrogen-bond donors (Lipinski definition) is 2. The first-order chi connectivity index (χ1) is 11.7. The van der Waals surface area contributed by atoms with Crippen molar-refractivity contribution in [1.82, 2.24) is 14.9 Å². The number of aliphatic hydroxyl groups is 1. The van der Waals surface area contributed by atoms with Crippen molar-refractivity contribution in [2.24, 2.45) is 0 Å². The van der Waals surface area contributed by atoms with Crippen LogP contribution in [0.5, 0.6) is 0 Å². The molecule has 0 fully saturated rings. The molecule has 0 spiro atoms. The standard InChI is InChI=1S/C16H16N4O4/c1-24-16(23)10-9-20(7-8-21)15(22)13(10)19-12-4-2-3-11-14(12)18-6-5-17-11/h2-6,19,21H,7-9H2,1H3. The number of carbonyl (C=O) groups excluding carboxylic acids is 2. The van der Waals surface area contributed by atoms with Crippen molar-refractivity contribution in [2.75, 3.05) is 32.1 Å². The summed E-state index contributed by atoms with van der Waals surface area (Å²) in [6, 6.07) is 5.33. The Hall–Kier alpha value is -3.00. The van der Waals surface area contributed by atoms with Gasteiger partial charge in [0.2, 0.25) is 0 Å². The number of ether oxygens (including phenoxy) is 1. The Labute approximate surface area is 137 Å². The van der Waals surface area contributed by atoms with E-state index >= 15 is 0 Å². The van der Waals surface area contributed by atoms with Crippen LogP contribution in [-0.2, 0) is 14.3 Å². The van der Waals surface area contributed by atoms with Crippen LogP contribution in [0.2, 0.25) is 0 Å². The maximum Gasteiger partial charge on any atom is 0.337 e. The lowest BCUT2D eigenvalue weighted by molar-refractivity contribution is -0.136. The molecule has 2 aromatic rings. The van der Waals surface area contributed by atoms with E-state index < -0.39 is 5.97 Å². The number of carbonyl (C=O) groups is 2. The van der Waals surface area contributed by atoms with Gasteiger partial charge >= 0.3 is 5.97 Å². The number of aromatic nitrogens is 2. The highest BCUT2D eigenvalue weighted by Gasteiger charge is 2.34. The first-order valence-electron chi connectivity index (χ1n) is 7.34. The van der Waals surface area contributed by atoms with E-state index in [2.05, 4.69) is 15.3 Å². The quantitative estimate of drug-likeness (QED) is 0.761. The average Bonchev–Trinajstić information content (AvgIpc) is 2.91. The Morgan fingerprint density at radius 3 is 2.92 bits per heavy atom. The van der Waals surface area contributed by atoms with Gasteiger partial charge in [0.05, 0.1) is 37.0 Å². The number of benzene rings is 1. The zero-order chi connectivity index (χ0) is 17.1. The van der Waals surface area contributed by atoms with Gasteiger partial charge in [-0.1, -0.05) is 6.07 Å². The van der Waals surface area contributed by atoms with Crippen molar-refractivity contribution in [1.29, 1.82) is 0 Å². The second-order valence-corrected chi connectivity index (χ2v) is 5.15. The number of aliphatic hydroxyl groups excluding tert-OH is 1. The molecule has 8 nitrogen and oxygen atoms in total. The van der Waals surface area contributed by atoms with Gasteiger partial charge in [0.25, 0.3) is 5.91 Å². The molecule has 0 saturated heterocycles. The molecule has 124 valence electrons. The molecule has 2 heterocycles. The second-order valence-electron chi connectivity index (χ2n) is 5.15. The van der Waals surface area contributed by atoms with Crippen LogP contribution >= 0.6 is 0 Å². The Balaban J connectivity index is 2.01. The zero-order valence-corrected chi connectivity index (χ0v) is 13.0. The molecule has 1 aliphatic rings. The highest BCUT2D eigenvalue weighted by molar-refractivity contribution is 6.09. The number of nitrogens with zero attached hydrogens (tertiary/aromatic N) is 3. The summed E-state index contributed by atoms with van der Waals surface area (Å²) in [6.45, 7) is 0.0396. The monoisotopic (exact) mass is 328 g/mol. The van der Waals surface area contributed by atoms with Gasteiger partial charge in [0.1, 0.15) is 11.2 Å². The number of anilines is 1. The van der Waals surface area contributed by atoms with E-state index in [-0.39, 0.29) is 36.9 Å². The van der Waals surface area contributed by atoms with Gasteiger partial charge in [0, 0.05) is 18.9 Å². The van der Waals surface area contributed by atoms with Gasteiger partial charge < -0.3 is 20.1 Å². The van der Waals surface area contributed by atoms with Crippen molar-refractivity contribution < 1.29 is 19.4 Å². The number of para-hydroxylation sites is 1. The summed E-state index contributed by atoms with van der Waals surface area (Å²) >= 11 is 0. The van der Waals surface area contributed by atoms with E-state index in [0.29, 0.717) is 16.7 Å². The minimum atomic E-state index is -0.586. The van der Waals surface area contributed by atoms with Crippen LogP contribution in [0.15, 0.2) is 41.9 Å². The van der Waals surface area contributed by atoms with Crippen molar-refractivity contribution in [3.05, 3.63) is 41.9 Å². The summed E-state index contributed by atoms with van der Waals surface area (Å²) in [5.41, 5.74) is 2.17. The van der Waals surface area contributed by atoms with Crippen molar-refractivity contribution in [3.63, 3.8) is 0 Å². The highest BCUT2D eigenvalue weighted by atomic mass is 16.5. The molecule has 1 amide bonds. The lowest BCUT2D eigenvalue weighted by Gasteiger charge is -2.15. The van der Waals surface area contributed by atoms with Gasteiger partial charge in [-0.05, 0) is 12.1 Å². The topological polar surface area (TPSA) is 105 Å². The third-order valence-corrected chi connectivity index (χ3v) is 3.71. The number of rotatable bonds is 5. The van der Waals surface area contributed by atoms with E-state index in [0.717, 1.165) is 0 Å². The fourth-order valence-corrected chi connectivity index (χ4v) is 2.58. The number of fused-ring (bicyclic) bond motifs is 1. The molecular formula is C16H16N4O4. The number of hydrogen-bond acceptors (Lipinski definition) is 7. The number of β-amino-alcohol motifs (C(OH)–C–C–N with tert-alkyl or cyclic N) is 1. The third-order valence-electron chi connectivity index (χ3n) is 3.71. The molecule has 24 heavy (non-hydrogen) atoms. The summed E-state index contributed by atoms with van der Waals surface area (Å²) in [7, 11) is 1.26. The second kappa shape index (κ2) is 6.63. The normalized spacial score (nSPS) is 14.4. The SMILES string of the molecule is COC(=O)C1=C(Nc2cccc3nccnc23)C(=O)N(CCO)C1. The fraction of sp³-hybridized carbons (Fsp3) is 0.250. The van der Waals surface area contributed by atoms with Crippen LogP contribution < -0.4 is 5.32 Å². The van der Waals surface area contributed by atoms with Gasteiger partial charge in [-0.2, -0.15) is 0 Å². The van der Waals surface area contributed by atoms with E-state index in [1.54, 1.807) is 30.6 Å². The molecule has 0 aliphatic carbocycles. The van der Waals surface area contributed by atoms with Crippen LogP contribution in [0.25, 0.3) is 11.0 Å². The number of nitrogens with one attached hydrogen (secondary N) is 1. The molecule has 8 heteroatoms. The smallest absolute Gasteiger partial charge is 0.337 e. The molecule has 3 rings (SSSR count). The molecule has 0 saturated carbocycles. The maximum absolute atomic E-state index is 12.5. The Kier molecular flexibility index (Phi) is 4.39. The van der Waals surface area contributed by atoms with Crippen LogP contribution in [0.1, 0.15) is 0 Å². The molecular weight excluding hydrogens is 312 g/mol. The lowest BCUT2D eigenvalue weighted by atomic mass is 10.2. The van der Waals surface area contributed by atoms with Gasteiger partial charge in [-0.3, -0.25) is 14.8 Å². The molecule has 0 bridgehead atoms. The van der Waals surface area contributed by atoms with Crippen LogP contribution in [0, 0.1) is 0 Å². The van der Waals surface area contributed by atoms with E-state index in [1.165, 1.54) is 12.0 Å². The summed E-state index contributed by atoms with van der Waals surface area (Å²) in [5, 5.41) is 12.1. The van der Waals surface area contributed by atoms with Gasteiger partial charge in [-0.25, -0.2) is 4.79 Å². The number of methoxy groups -OCH3 is 1. The van der Waals surface area contributed by atoms with E-state index in [9.17, 15) is 9.59 Å². The largest absolute Gasteiger partial charge is 0.466 e. The lowest BCUT2D eigenvalue weighted by Crippen LogP contribution is -2.31. The molecule has 2 N–H and O–H groups in total. The summed E-state index contributed by atoms with van der Waals surface area (Å²) < 4.78 is 4.76. The summed E-state index contributed by atoms with van der Waals surface area (Å²) in [6.07, 6.45) is 3.13. The summed E-state index contributed by atoms with van der Waals surface area (Å²) in [5.74, 6) is -0.956. The molecule has 0 atom stereocenters. The van der Waals surface area contributed by atoms with E-state index in [4.69, 9.17) is 9.84 Å². The highest BCUT2D eigenvalue weighted by Crippen LogP contribution is 2.26. The van der Waals surface area contributed by atoms with Crippen molar-refractivity contribution in [2.45, 2.75) is 0 Å². The predicted octanol–water partition coefficient (Wildman–Crippen LogP) is 0.303. The van der Waals surface area contributed by atoms with Gasteiger partial charge in [0.15, 0.2) is 0 Å². The molecule has 0 radical (unpaired) electrons. The molecule has 1 aliphatic heterocycles. The Bertz CT molecular complexity index is 828. The van der Waals surface area contributed by atoms with Crippen molar-refractivity contribution >= 4 is 28.6 Å². The van der Waals surface area contributed by atoms with E-state index in [1.807, 2.05) is 0 Å². The first-order valence-corrected chi connectivity index (χ1v) is 7.34. The average molecular weight is 328 g/mol. The molecule has 0 unspecified atom stereocenters. The summed E-state index contributed by atoms with van der Waals surface area (Å²) in [4.78, 5) is 34.4.